The largest absolute Gasteiger partial charge is 0.378 e. The average molecular weight is 296 g/mol. The normalized spacial score (nSPS) is 12.6. The molecule has 0 spiro atoms. The molecule has 3 heteroatoms. The van der Waals surface area contributed by atoms with Gasteiger partial charge in [-0.05, 0) is 63.1 Å². The van der Waals surface area contributed by atoms with Crippen molar-refractivity contribution in [2.24, 2.45) is 0 Å². The van der Waals surface area contributed by atoms with Crippen molar-refractivity contribution in [2.75, 3.05) is 5.32 Å². The summed E-state index contributed by atoms with van der Waals surface area (Å²) in [7, 11) is 0. The molecule has 0 aliphatic heterocycles. The number of fused-ring (bicyclic) bond motifs is 1. The number of pyridine rings is 1. The van der Waals surface area contributed by atoms with Crippen LogP contribution >= 0.6 is 11.3 Å². The summed E-state index contributed by atoms with van der Waals surface area (Å²) in [5, 5.41) is 4.84. The van der Waals surface area contributed by atoms with E-state index in [1.165, 1.54) is 26.3 Å². The number of hydrogen-bond donors (Lipinski definition) is 1. The molecular weight excluding hydrogens is 276 g/mol. The summed E-state index contributed by atoms with van der Waals surface area (Å²) in [5.74, 6) is 0. The fourth-order valence-corrected chi connectivity index (χ4v) is 3.85. The summed E-state index contributed by atoms with van der Waals surface area (Å²) < 4.78 is 0. The van der Waals surface area contributed by atoms with E-state index in [1.807, 2.05) is 23.6 Å². The zero-order valence-corrected chi connectivity index (χ0v) is 13.7. The molecule has 2 nitrogen and oxygen atoms in total. The van der Waals surface area contributed by atoms with Gasteiger partial charge in [0, 0.05) is 33.1 Å². The van der Waals surface area contributed by atoms with Crippen LogP contribution in [0.4, 0.5) is 5.69 Å². The van der Waals surface area contributed by atoms with E-state index in [4.69, 9.17) is 0 Å². The van der Waals surface area contributed by atoms with Crippen LogP contribution in [0.25, 0.3) is 10.9 Å². The van der Waals surface area contributed by atoms with E-state index in [0.717, 1.165) is 11.2 Å². The Balaban J connectivity index is 1.99. The molecule has 3 aromatic rings. The van der Waals surface area contributed by atoms with Crippen molar-refractivity contribution in [2.45, 2.75) is 33.7 Å². The number of rotatable bonds is 3. The van der Waals surface area contributed by atoms with Crippen molar-refractivity contribution < 1.29 is 0 Å². The lowest BCUT2D eigenvalue weighted by molar-refractivity contribution is 0.883. The standard InChI is InChI=1S/C18H20N2S/c1-11-7-8-17(15-6-5-9-19-18(11)15)20-13(3)16-10-12(2)21-14(16)4/h5-10,13,20H,1-4H3. The van der Waals surface area contributed by atoms with Crippen molar-refractivity contribution in [3.63, 3.8) is 0 Å². The number of anilines is 1. The minimum atomic E-state index is 0.293. The van der Waals surface area contributed by atoms with Gasteiger partial charge in [0.05, 0.1) is 5.52 Å². The second-order valence-corrected chi connectivity index (χ2v) is 7.02. The molecule has 1 aromatic carbocycles. The van der Waals surface area contributed by atoms with Crippen molar-refractivity contribution in [3.05, 3.63) is 57.4 Å². The predicted octanol–water partition coefficient (Wildman–Crippen LogP) is 5.39. The van der Waals surface area contributed by atoms with Crippen LogP contribution in [0.1, 0.15) is 33.8 Å². The number of benzene rings is 1. The number of hydrogen-bond acceptors (Lipinski definition) is 3. The topological polar surface area (TPSA) is 24.9 Å². The summed E-state index contributed by atoms with van der Waals surface area (Å²) in [6, 6.07) is 11.0. The summed E-state index contributed by atoms with van der Waals surface area (Å²) in [6.07, 6.45) is 1.86. The minimum Gasteiger partial charge on any atom is -0.378 e. The first kappa shape index (κ1) is 14.1. The van der Waals surface area contributed by atoms with Crippen molar-refractivity contribution >= 4 is 27.9 Å². The number of nitrogens with one attached hydrogen (secondary N) is 1. The van der Waals surface area contributed by atoms with Gasteiger partial charge in [-0.15, -0.1) is 11.3 Å². The van der Waals surface area contributed by atoms with Crippen molar-refractivity contribution in [1.29, 1.82) is 0 Å². The molecule has 0 aliphatic carbocycles. The first-order valence-electron chi connectivity index (χ1n) is 7.24. The van der Waals surface area contributed by atoms with Crippen LogP contribution < -0.4 is 5.32 Å². The molecule has 1 atom stereocenters. The molecule has 0 aliphatic rings. The summed E-state index contributed by atoms with van der Waals surface area (Å²) in [4.78, 5) is 7.26. The fraction of sp³-hybridized carbons (Fsp3) is 0.278. The van der Waals surface area contributed by atoms with Crippen LogP contribution in [0.2, 0.25) is 0 Å². The van der Waals surface area contributed by atoms with E-state index in [-0.39, 0.29) is 0 Å². The molecule has 0 radical (unpaired) electrons. The van der Waals surface area contributed by atoms with Gasteiger partial charge in [0.1, 0.15) is 0 Å². The molecule has 1 unspecified atom stereocenters. The number of aromatic nitrogens is 1. The zero-order valence-electron chi connectivity index (χ0n) is 12.9. The lowest BCUT2D eigenvalue weighted by Gasteiger charge is -2.17. The van der Waals surface area contributed by atoms with Crippen molar-refractivity contribution in [3.8, 4) is 0 Å². The Bertz CT molecular complexity index is 789. The second kappa shape index (κ2) is 5.49. The molecule has 0 amide bonds. The van der Waals surface area contributed by atoms with Crippen LogP contribution in [0.5, 0.6) is 0 Å². The monoisotopic (exact) mass is 296 g/mol. The Labute approximate surface area is 129 Å². The molecule has 108 valence electrons. The van der Waals surface area contributed by atoms with E-state index in [0.29, 0.717) is 6.04 Å². The molecule has 0 saturated heterocycles. The maximum atomic E-state index is 4.51. The molecule has 2 heterocycles. The van der Waals surface area contributed by atoms with Gasteiger partial charge in [0.15, 0.2) is 0 Å². The smallest absolute Gasteiger partial charge is 0.0751 e. The van der Waals surface area contributed by atoms with Gasteiger partial charge in [0.25, 0.3) is 0 Å². The molecule has 0 fully saturated rings. The summed E-state index contributed by atoms with van der Waals surface area (Å²) >= 11 is 1.86. The highest BCUT2D eigenvalue weighted by atomic mass is 32.1. The Hall–Kier alpha value is -1.87. The SMILES string of the molecule is Cc1cc(C(C)Nc2ccc(C)c3ncccc23)c(C)s1. The van der Waals surface area contributed by atoms with Gasteiger partial charge >= 0.3 is 0 Å². The molecule has 2 aromatic heterocycles. The number of nitrogens with zero attached hydrogens (tertiary/aromatic N) is 1. The van der Waals surface area contributed by atoms with Crippen LogP contribution in [-0.2, 0) is 0 Å². The van der Waals surface area contributed by atoms with Crippen LogP contribution in [-0.4, -0.2) is 4.98 Å². The molecule has 1 N–H and O–H groups in total. The average Bonchev–Trinajstić information content (AvgIpc) is 2.81. The maximum absolute atomic E-state index is 4.51. The third-order valence-corrected chi connectivity index (χ3v) is 4.87. The Morgan fingerprint density at radius 3 is 2.67 bits per heavy atom. The first-order chi connectivity index (χ1) is 10.1. The van der Waals surface area contributed by atoms with E-state index in [1.54, 1.807) is 0 Å². The van der Waals surface area contributed by atoms with Gasteiger partial charge < -0.3 is 5.32 Å². The van der Waals surface area contributed by atoms with E-state index < -0.39 is 0 Å². The summed E-state index contributed by atoms with van der Waals surface area (Å²) in [5.41, 5.74) is 4.83. The van der Waals surface area contributed by atoms with Crippen LogP contribution in [0.15, 0.2) is 36.5 Å². The van der Waals surface area contributed by atoms with E-state index >= 15 is 0 Å². The van der Waals surface area contributed by atoms with Crippen LogP contribution in [0, 0.1) is 20.8 Å². The van der Waals surface area contributed by atoms with Gasteiger partial charge in [0.2, 0.25) is 0 Å². The summed E-state index contributed by atoms with van der Waals surface area (Å²) in [6.45, 7) is 8.69. The minimum absolute atomic E-state index is 0.293. The first-order valence-corrected chi connectivity index (χ1v) is 8.05. The molecule has 21 heavy (non-hydrogen) atoms. The van der Waals surface area contributed by atoms with Crippen molar-refractivity contribution in [1.82, 2.24) is 4.98 Å². The molecule has 0 saturated carbocycles. The second-order valence-electron chi connectivity index (χ2n) is 5.56. The fourth-order valence-electron chi connectivity index (χ4n) is 2.83. The maximum Gasteiger partial charge on any atom is 0.0751 e. The van der Waals surface area contributed by atoms with Crippen LogP contribution in [0.3, 0.4) is 0 Å². The third-order valence-electron chi connectivity index (χ3n) is 3.89. The van der Waals surface area contributed by atoms with Gasteiger partial charge in [-0.2, -0.15) is 0 Å². The predicted molar refractivity (Wildman–Crippen MR) is 92.3 cm³/mol. The van der Waals surface area contributed by atoms with E-state index in [2.05, 4.69) is 62.3 Å². The lowest BCUT2D eigenvalue weighted by atomic mass is 10.1. The Kier molecular flexibility index (Phi) is 3.68. The lowest BCUT2D eigenvalue weighted by Crippen LogP contribution is -2.07. The molecular formula is C18H20N2S. The highest BCUT2D eigenvalue weighted by Gasteiger charge is 2.13. The third kappa shape index (κ3) is 2.66. The highest BCUT2D eigenvalue weighted by molar-refractivity contribution is 7.12. The zero-order chi connectivity index (χ0) is 15.0. The Morgan fingerprint density at radius 2 is 1.95 bits per heavy atom. The number of thiophene rings is 1. The molecule has 0 bridgehead atoms. The van der Waals surface area contributed by atoms with E-state index in [9.17, 15) is 0 Å². The van der Waals surface area contributed by atoms with Gasteiger partial charge in [-0.1, -0.05) is 6.07 Å². The van der Waals surface area contributed by atoms with Gasteiger partial charge in [-0.3, -0.25) is 4.98 Å². The highest BCUT2D eigenvalue weighted by Crippen LogP contribution is 2.31. The Morgan fingerprint density at radius 1 is 1.14 bits per heavy atom. The van der Waals surface area contributed by atoms with Gasteiger partial charge in [-0.25, -0.2) is 0 Å². The quantitative estimate of drug-likeness (QED) is 0.700. The number of aryl methyl sites for hydroxylation is 3. The molecule has 3 rings (SSSR count).